The van der Waals surface area contributed by atoms with Gasteiger partial charge in [-0.3, -0.25) is 4.79 Å². The first-order chi connectivity index (χ1) is 18.8. The van der Waals surface area contributed by atoms with E-state index >= 15 is 0 Å². The van der Waals surface area contributed by atoms with Crippen LogP contribution < -0.4 is 75.1 Å². The van der Waals surface area contributed by atoms with Crippen molar-refractivity contribution in [1.82, 2.24) is 6.15 Å². The molecule has 0 aliphatic carbocycles. The van der Waals surface area contributed by atoms with Crippen LogP contribution in [0.5, 0.6) is 0 Å². The number of terminal acetylenes is 1. The number of phosphoric ester groups is 1. The van der Waals surface area contributed by atoms with Crippen molar-refractivity contribution >= 4 is 19.8 Å². The summed E-state index contributed by atoms with van der Waals surface area (Å²) in [5.41, 5.74) is 0. The molecule has 0 aliphatic heterocycles. The molecule has 3 N–H and O–H groups in total. The van der Waals surface area contributed by atoms with Crippen LogP contribution in [0.15, 0.2) is 0 Å². The first kappa shape index (κ1) is 46.9. The Kier molecular flexibility index (Phi) is 37.3. The largest absolute Gasteiger partial charge is 1.00 e. The van der Waals surface area contributed by atoms with Crippen molar-refractivity contribution in [3.63, 3.8) is 0 Å². The average Bonchev–Trinajstić information content (AvgIpc) is 2.88. The zero-order valence-corrected chi connectivity index (χ0v) is 29.5. The quantitative estimate of drug-likeness (QED) is 0.0451. The van der Waals surface area contributed by atoms with E-state index in [9.17, 15) is 23.9 Å². The molecule has 0 heterocycles. The smallest absolute Gasteiger partial charge is 0.790 e. The Morgan fingerprint density at radius 3 is 1.62 bits per heavy atom. The van der Waals surface area contributed by atoms with E-state index in [1.807, 2.05) is 5.92 Å². The maximum Gasteiger partial charge on any atom is 1.00 e. The van der Waals surface area contributed by atoms with Crippen LogP contribution >= 0.6 is 7.82 Å². The van der Waals surface area contributed by atoms with Crippen LogP contribution in [0.2, 0.25) is 0 Å². The van der Waals surface area contributed by atoms with E-state index in [-0.39, 0.29) is 90.2 Å². The zero-order chi connectivity index (χ0) is 29.0. The zero-order valence-electron chi connectivity index (χ0n) is 24.6. The molecule has 0 rings (SSSR count). The van der Waals surface area contributed by atoms with Crippen LogP contribution in [-0.4, -0.2) is 24.8 Å². The van der Waals surface area contributed by atoms with Gasteiger partial charge in [-0.2, -0.15) is 0 Å². The van der Waals surface area contributed by atoms with Gasteiger partial charge in [0.1, 0.15) is 6.61 Å². The Bertz CT molecular complexity index is 1310. The van der Waals surface area contributed by atoms with Gasteiger partial charge in [-0.05, 0) is 77.5 Å². The Labute approximate surface area is 313 Å². The van der Waals surface area contributed by atoms with Crippen LogP contribution in [0.3, 0.4) is 0 Å². The third-order valence-corrected chi connectivity index (χ3v) is 4.93. The number of carbonyl (C=O) groups is 2. The molecule has 0 amide bonds. The summed E-state index contributed by atoms with van der Waals surface area (Å²) in [5.74, 6) is 27.8. The van der Waals surface area contributed by atoms with Crippen molar-refractivity contribution in [3.05, 3.63) is 0 Å². The summed E-state index contributed by atoms with van der Waals surface area (Å²) in [6, 6.07) is 0. The summed E-state index contributed by atoms with van der Waals surface area (Å²) >= 11 is 0. The van der Waals surface area contributed by atoms with Gasteiger partial charge in [-0.25, -0.2) is 4.79 Å². The molecule has 0 saturated carbocycles. The number of phosphoric acid groups is 1. The summed E-state index contributed by atoms with van der Waals surface area (Å²) in [6.45, 7) is 1.19. The Morgan fingerprint density at radius 2 is 1.17 bits per heavy atom. The van der Waals surface area contributed by atoms with Crippen molar-refractivity contribution in [2.24, 2.45) is 0 Å². The summed E-state index contributed by atoms with van der Waals surface area (Å²) < 4.78 is 24.5. The van der Waals surface area contributed by atoms with Crippen LogP contribution in [0.25, 0.3) is 0 Å². The normalized spacial score (nSPS) is 9.00. The fourth-order valence-corrected chi connectivity index (χ4v) is 3.06. The third kappa shape index (κ3) is 36.0. The molecule has 0 aliphatic rings. The molecule has 0 fully saturated rings. The number of hydrogen-bond donors (Lipinski definition) is 1. The Balaban J connectivity index is -0.0000000602. The van der Waals surface area contributed by atoms with Crippen LogP contribution in [0.4, 0.5) is 0 Å². The van der Waals surface area contributed by atoms with Crippen molar-refractivity contribution in [1.29, 1.82) is 0 Å². The second kappa shape index (κ2) is 33.4. The van der Waals surface area contributed by atoms with Crippen molar-refractivity contribution in [3.8, 4) is 83.4 Å². The van der Waals surface area contributed by atoms with E-state index in [1.165, 1.54) is 32.1 Å². The molecule has 0 aromatic heterocycles. The number of ether oxygens (including phenoxy) is 2. The van der Waals surface area contributed by atoms with Gasteiger partial charge >= 0.3 is 71.1 Å². The summed E-state index contributed by atoms with van der Waals surface area (Å²) in [5, 5.41) is 0. The van der Waals surface area contributed by atoms with Crippen LogP contribution in [-0.2, 0) is 28.2 Å². The monoisotopic (exact) mass is 637 g/mol. The molecule has 0 aromatic carbocycles. The predicted molar refractivity (Wildman–Crippen MR) is 174 cm³/mol. The second-order valence-electron chi connectivity index (χ2n) is 7.64. The van der Waals surface area contributed by atoms with Crippen LogP contribution in [0, 0.1) is 83.4 Å². The SMILES string of the molecule is C#CC#CC#CC#CC#CC#CC#CC(=O)O[C@H](COP(=O)([O-])[O-])OC(=O)CCCCCCCCCCCC.N.[HH].[HH].[HH].[HH].[HH].[HH].[HH].[HH].[HH].[HH].[HH].[HH].[HH].[Na+].[Na+]. The molecular weight excluding hydrogens is 579 g/mol. The average molecular weight is 638 g/mol. The van der Waals surface area contributed by atoms with Crippen molar-refractivity contribution in [2.45, 2.75) is 83.8 Å². The Morgan fingerprint density at radius 1 is 0.738 bits per heavy atom. The van der Waals surface area contributed by atoms with Gasteiger partial charge in [0, 0.05) is 30.9 Å². The van der Waals surface area contributed by atoms with Gasteiger partial charge in [-0.1, -0.05) is 64.7 Å². The van der Waals surface area contributed by atoms with Gasteiger partial charge < -0.3 is 34.5 Å². The first-order valence-electron chi connectivity index (χ1n) is 12.3. The fourth-order valence-electron chi connectivity index (χ4n) is 2.76. The van der Waals surface area contributed by atoms with Crippen molar-refractivity contribution < 1.29 is 116 Å². The minimum Gasteiger partial charge on any atom is -0.790 e. The number of carbonyl (C=O) groups excluding carboxylic acids is 2. The van der Waals surface area contributed by atoms with Gasteiger partial charge in [0.05, 0.1) is 7.82 Å². The van der Waals surface area contributed by atoms with E-state index in [2.05, 4.69) is 82.5 Å². The molecule has 0 unspecified atom stereocenters. The fraction of sp³-hybridized carbons (Fsp3) is 0.467. The van der Waals surface area contributed by atoms with E-state index in [1.54, 1.807) is 0 Å². The molecule has 12 heteroatoms. The first-order valence-corrected chi connectivity index (χ1v) is 13.8. The molecule has 42 heavy (non-hydrogen) atoms. The molecule has 0 spiro atoms. The van der Waals surface area contributed by atoms with Gasteiger partial charge in [0.25, 0.3) is 6.29 Å². The third-order valence-electron chi connectivity index (χ3n) is 4.47. The maximum absolute atomic E-state index is 12.1. The number of esters is 2. The van der Waals surface area contributed by atoms with E-state index in [0.29, 0.717) is 6.42 Å². The van der Waals surface area contributed by atoms with Crippen LogP contribution in [0.1, 0.15) is 96.1 Å². The van der Waals surface area contributed by atoms with Gasteiger partial charge in [0.2, 0.25) is 0 Å². The number of unbranched alkanes of at least 4 members (excludes halogenated alkanes) is 9. The number of rotatable bonds is 16. The predicted octanol–water partition coefficient (Wildman–Crippen LogP) is -0.423. The standard InChI is InChI=1S/C30H31O8P.H3N.2Na.13H2/c1-3-5-7-9-11-13-15-16-18-20-22-24-26-29(32)38-30(27-36-39(33,34)35)37-28(31)25-23-21-19-17-14-12-10-8-6-4-2;;;;;;;;;;;;;;;;/h1,30H,4,6,8,10,12,14,17,19,21,23,25,27H2,2H3,(H2,33,34,35);1H3;;;13*1H/q;;2*+1;;;;;;;;;;;;;/p-2/t30-;;;;;;;;;;;;;;;;/m1................/s1. The molecule has 238 valence electrons. The van der Waals surface area contributed by atoms with Crippen molar-refractivity contribution in [2.75, 3.05) is 6.61 Å². The van der Waals surface area contributed by atoms with Gasteiger partial charge in [0.15, 0.2) is 0 Å². The van der Waals surface area contributed by atoms with E-state index in [0.717, 1.165) is 25.7 Å². The second-order valence-corrected chi connectivity index (χ2v) is 8.80. The Hall–Kier alpha value is -2.07. The molecule has 0 aromatic rings. The molecule has 0 saturated heterocycles. The summed E-state index contributed by atoms with van der Waals surface area (Å²) in [4.78, 5) is 45.4. The van der Waals surface area contributed by atoms with E-state index in [4.69, 9.17) is 15.9 Å². The molecule has 0 bridgehead atoms. The van der Waals surface area contributed by atoms with Gasteiger partial charge in [-0.15, -0.1) is 6.42 Å². The molecule has 0 radical (unpaired) electrons. The molecule has 9 nitrogen and oxygen atoms in total. The summed E-state index contributed by atoms with van der Waals surface area (Å²) in [6.07, 6.45) is 13.9. The summed E-state index contributed by atoms with van der Waals surface area (Å²) in [7, 11) is -5.39. The maximum atomic E-state index is 12.1. The topological polar surface area (TPSA) is 160 Å². The molecular formula is C30H58NNa2O8P. The number of hydrogen-bond acceptors (Lipinski definition) is 9. The molecule has 1 atom stereocenters. The minimum absolute atomic E-state index is 0. The minimum atomic E-state index is -5.39. The van der Waals surface area contributed by atoms with E-state index < -0.39 is 32.7 Å².